The van der Waals surface area contributed by atoms with Crippen molar-refractivity contribution in [3.8, 4) is 0 Å². The maximum atomic E-state index is 12.5. The van der Waals surface area contributed by atoms with E-state index >= 15 is 0 Å². The first-order chi connectivity index (χ1) is 9.83. The van der Waals surface area contributed by atoms with Gasteiger partial charge in [-0.1, -0.05) is 0 Å². The van der Waals surface area contributed by atoms with E-state index in [4.69, 9.17) is 5.84 Å². The van der Waals surface area contributed by atoms with E-state index in [1.807, 2.05) is 12.3 Å². The van der Waals surface area contributed by atoms with Crippen molar-refractivity contribution in [1.82, 2.24) is 9.71 Å². The van der Waals surface area contributed by atoms with Crippen molar-refractivity contribution in [1.29, 1.82) is 0 Å². The van der Waals surface area contributed by atoms with Gasteiger partial charge in [0.25, 0.3) is 0 Å². The molecular weight excluding hydrogens is 308 g/mol. The maximum Gasteiger partial charge on any atom is 0.241 e. The molecule has 1 heterocycles. The fourth-order valence-electron chi connectivity index (χ4n) is 2.19. The Morgan fingerprint density at radius 3 is 2.33 bits per heavy atom. The molecule has 21 heavy (non-hydrogen) atoms. The average Bonchev–Trinajstić information content (AvgIpc) is 2.81. The third kappa shape index (κ3) is 3.59. The molecule has 0 saturated carbocycles. The summed E-state index contributed by atoms with van der Waals surface area (Å²) in [6.07, 6.45) is 0. The number of anilines is 1. The van der Waals surface area contributed by atoms with Gasteiger partial charge in [-0.25, -0.2) is 18.1 Å². The van der Waals surface area contributed by atoms with Crippen LogP contribution in [0.2, 0.25) is 0 Å². The summed E-state index contributed by atoms with van der Waals surface area (Å²) < 4.78 is 27.5. The van der Waals surface area contributed by atoms with E-state index in [1.54, 1.807) is 26.0 Å². The molecule has 0 fully saturated rings. The molecule has 0 unspecified atom stereocenters. The van der Waals surface area contributed by atoms with Crippen LogP contribution in [0.15, 0.2) is 22.4 Å². The number of hydrogen-bond donors (Lipinski definition) is 3. The molecule has 4 N–H and O–H groups in total. The van der Waals surface area contributed by atoms with Gasteiger partial charge in [0.2, 0.25) is 10.0 Å². The smallest absolute Gasteiger partial charge is 0.241 e. The Morgan fingerprint density at radius 1 is 1.24 bits per heavy atom. The number of aromatic nitrogens is 1. The molecule has 2 rings (SSSR count). The summed E-state index contributed by atoms with van der Waals surface area (Å²) in [4.78, 5) is 4.53. The summed E-state index contributed by atoms with van der Waals surface area (Å²) in [5, 5.41) is 2.76. The molecule has 0 spiro atoms. The van der Waals surface area contributed by atoms with E-state index in [-0.39, 0.29) is 11.4 Å². The Labute approximate surface area is 128 Å². The van der Waals surface area contributed by atoms with Crippen molar-refractivity contribution in [3.63, 3.8) is 0 Å². The lowest BCUT2D eigenvalue weighted by Crippen LogP contribution is -2.25. The number of sulfonamides is 1. The maximum absolute atomic E-state index is 12.5. The van der Waals surface area contributed by atoms with Gasteiger partial charge in [0.1, 0.15) is 0 Å². The van der Waals surface area contributed by atoms with Gasteiger partial charge in [0, 0.05) is 11.1 Å². The highest BCUT2D eigenvalue weighted by atomic mass is 32.2. The fourth-order valence-corrected chi connectivity index (χ4v) is 4.25. The Hall–Kier alpha value is -1.48. The van der Waals surface area contributed by atoms with Gasteiger partial charge in [-0.05, 0) is 44.0 Å². The third-order valence-electron chi connectivity index (χ3n) is 3.01. The van der Waals surface area contributed by atoms with Gasteiger partial charge < -0.3 is 5.43 Å². The van der Waals surface area contributed by atoms with Crippen LogP contribution in [0.1, 0.15) is 21.8 Å². The van der Waals surface area contributed by atoms with Crippen molar-refractivity contribution in [2.75, 3.05) is 5.43 Å². The summed E-state index contributed by atoms with van der Waals surface area (Å²) >= 11 is 1.49. The minimum absolute atomic E-state index is 0.183. The highest BCUT2D eigenvalue weighted by Crippen LogP contribution is 2.24. The van der Waals surface area contributed by atoms with Crippen LogP contribution in [-0.2, 0) is 16.6 Å². The molecule has 0 radical (unpaired) electrons. The van der Waals surface area contributed by atoms with E-state index in [1.165, 1.54) is 11.3 Å². The van der Waals surface area contributed by atoms with Crippen LogP contribution >= 0.6 is 11.3 Å². The Kier molecular flexibility index (Phi) is 4.62. The predicted molar refractivity (Wildman–Crippen MR) is 84.6 cm³/mol. The second-order valence-electron chi connectivity index (χ2n) is 4.77. The first-order valence-electron chi connectivity index (χ1n) is 6.32. The van der Waals surface area contributed by atoms with Crippen molar-refractivity contribution in [3.05, 3.63) is 39.3 Å². The van der Waals surface area contributed by atoms with Crippen molar-refractivity contribution >= 4 is 27.0 Å². The lowest BCUT2D eigenvalue weighted by atomic mass is 10.1. The molecule has 2 aromatic rings. The zero-order chi connectivity index (χ0) is 15.6. The van der Waals surface area contributed by atoms with Gasteiger partial charge in [-0.2, -0.15) is 0 Å². The number of nitrogens with one attached hydrogen (secondary N) is 2. The van der Waals surface area contributed by atoms with Gasteiger partial charge >= 0.3 is 0 Å². The zero-order valence-electron chi connectivity index (χ0n) is 12.1. The zero-order valence-corrected chi connectivity index (χ0v) is 13.7. The third-order valence-corrected chi connectivity index (χ3v) is 5.53. The van der Waals surface area contributed by atoms with Gasteiger partial charge in [-0.15, -0.1) is 11.3 Å². The molecular formula is C13H18N4O2S2. The molecule has 0 atom stereocenters. The van der Waals surface area contributed by atoms with Gasteiger partial charge in [0.15, 0.2) is 0 Å². The second-order valence-corrected chi connectivity index (χ2v) is 7.53. The highest BCUT2D eigenvalue weighted by Gasteiger charge is 2.20. The molecule has 114 valence electrons. The van der Waals surface area contributed by atoms with E-state index in [0.717, 1.165) is 10.7 Å². The molecule has 6 nitrogen and oxygen atoms in total. The highest BCUT2D eigenvalue weighted by molar-refractivity contribution is 7.89. The minimum Gasteiger partial charge on any atom is -0.324 e. The van der Waals surface area contributed by atoms with E-state index < -0.39 is 10.0 Å². The Bertz CT molecular complexity index is 730. The quantitative estimate of drug-likeness (QED) is 0.575. The van der Waals surface area contributed by atoms with Crippen LogP contribution in [0.3, 0.4) is 0 Å². The monoisotopic (exact) mass is 326 g/mol. The largest absolute Gasteiger partial charge is 0.324 e. The number of rotatable bonds is 5. The number of aryl methyl sites for hydroxylation is 3. The van der Waals surface area contributed by atoms with Crippen LogP contribution in [-0.4, -0.2) is 13.4 Å². The fraction of sp³-hybridized carbons (Fsp3) is 0.308. The van der Waals surface area contributed by atoms with Crippen LogP contribution in [0, 0.1) is 20.8 Å². The molecule has 1 aromatic carbocycles. The molecule has 0 aliphatic rings. The number of hydrazine groups is 1. The SMILES string of the molecule is Cc1nc(CNS(=O)(=O)c2c(C)cc(NN)cc2C)cs1. The van der Waals surface area contributed by atoms with E-state index in [2.05, 4.69) is 15.1 Å². The lowest BCUT2D eigenvalue weighted by Gasteiger charge is -2.13. The lowest BCUT2D eigenvalue weighted by molar-refractivity contribution is 0.579. The number of thiazole rings is 1. The normalized spacial score (nSPS) is 11.6. The first kappa shape index (κ1) is 15.9. The number of nitrogens with zero attached hydrogens (tertiary/aromatic N) is 1. The van der Waals surface area contributed by atoms with Gasteiger partial charge in [-0.3, -0.25) is 5.84 Å². The first-order valence-corrected chi connectivity index (χ1v) is 8.68. The van der Waals surface area contributed by atoms with Crippen molar-refractivity contribution in [2.45, 2.75) is 32.2 Å². The molecule has 8 heteroatoms. The van der Waals surface area contributed by atoms with Crippen molar-refractivity contribution < 1.29 is 8.42 Å². The van der Waals surface area contributed by atoms with Crippen molar-refractivity contribution in [2.24, 2.45) is 5.84 Å². The molecule has 0 aliphatic carbocycles. The topological polar surface area (TPSA) is 97.1 Å². The van der Waals surface area contributed by atoms with Crippen LogP contribution in [0.4, 0.5) is 5.69 Å². The Morgan fingerprint density at radius 2 is 1.86 bits per heavy atom. The predicted octanol–water partition coefficient (Wildman–Crippen LogP) is 1.83. The molecule has 0 aliphatic heterocycles. The van der Waals surface area contributed by atoms with E-state index in [9.17, 15) is 8.42 Å². The summed E-state index contributed by atoms with van der Waals surface area (Å²) in [5.74, 6) is 5.36. The molecule has 0 saturated heterocycles. The minimum atomic E-state index is -3.59. The van der Waals surface area contributed by atoms with E-state index in [0.29, 0.717) is 16.8 Å². The average molecular weight is 326 g/mol. The summed E-state index contributed by atoms with van der Waals surface area (Å²) in [6.45, 7) is 5.56. The molecule has 0 bridgehead atoms. The van der Waals surface area contributed by atoms with Crippen LogP contribution in [0.5, 0.6) is 0 Å². The molecule has 0 amide bonds. The number of nitrogen functional groups attached to an aromatic ring is 1. The number of hydrogen-bond acceptors (Lipinski definition) is 6. The second kappa shape index (κ2) is 6.10. The van der Waals surface area contributed by atoms with Gasteiger partial charge in [0.05, 0.1) is 22.1 Å². The summed E-state index contributed by atoms with van der Waals surface area (Å²) in [6, 6.07) is 3.41. The standard InChI is InChI=1S/C13H18N4O2S2/c1-8-4-11(17-14)5-9(2)13(8)21(18,19)15-6-12-7-20-10(3)16-12/h4-5,7,15,17H,6,14H2,1-3H3. The summed E-state index contributed by atoms with van der Waals surface area (Å²) in [7, 11) is -3.59. The van der Waals surface area contributed by atoms with Crippen LogP contribution in [0.25, 0.3) is 0 Å². The summed E-state index contributed by atoms with van der Waals surface area (Å²) in [5.41, 5.74) is 5.21. The number of nitrogens with two attached hydrogens (primary N) is 1. The molecule has 1 aromatic heterocycles. The Balaban J connectivity index is 2.27. The van der Waals surface area contributed by atoms with Crippen LogP contribution < -0.4 is 16.0 Å². The number of benzene rings is 1.